The second kappa shape index (κ2) is 4.34. The van der Waals surface area contributed by atoms with Crippen LogP contribution in [0, 0.1) is 0 Å². The first-order valence-corrected chi connectivity index (χ1v) is 5.42. The molecule has 0 unspecified atom stereocenters. The average molecular weight is 204 g/mol. The van der Waals surface area contributed by atoms with Crippen molar-refractivity contribution in [2.45, 2.75) is 19.8 Å². The van der Waals surface area contributed by atoms with Crippen molar-refractivity contribution in [3.63, 3.8) is 0 Å². The average Bonchev–Trinajstić information content (AvgIpc) is 2.65. The maximum Gasteiger partial charge on any atom is 0.224 e. The molecule has 1 aliphatic heterocycles. The van der Waals surface area contributed by atoms with Gasteiger partial charge in [0.1, 0.15) is 0 Å². The van der Waals surface area contributed by atoms with Gasteiger partial charge < -0.3 is 10.6 Å². The molecule has 2 N–H and O–H groups in total. The van der Waals surface area contributed by atoms with E-state index < -0.39 is 0 Å². The van der Waals surface area contributed by atoms with Crippen molar-refractivity contribution in [2.24, 2.45) is 0 Å². The van der Waals surface area contributed by atoms with Crippen molar-refractivity contribution in [1.29, 1.82) is 0 Å². The normalized spacial score (nSPS) is 13.1. The SMILES string of the molecule is CCNC(=O)Cc1ccc2c(c1)NCC2. The van der Waals surface area contributed by atoms with Crippen LogP contribution in [0.5, 0.6) is 0 Å². The molecule has 0 atom stereocenters. The lowest BCUT2D eigenvalue weighted by molar-refractivity contribution is -0.120. The van der Waals surface area contributed by atoms with E-state index in [0.717, 1.165) is 18.5 Å². The first-order valence-electron chi connectivity index (χ1n) is 5.42. The number of fused-ring (bicyclic) bond motifs is 1. The van der Waals surface area contributed by atoms with Crippen LogP contribution in [0.1, 0.15) is 18.1 Å². The summed E-state index contributed by atoms with van der Waals surface area (Å²) in [7, 11) is 0. The van der Waals surface area contributed by atoms with Gasteiger partial charge in [-0.2, -0.15) is 0 Å². The molecule has 0 spiro atoms. The number of hydrogen-bond donors (Lipinski definition) is 2. The standard InChI is InChI=1S/C12H16N2O/c1-2-13-12(15)8-9-3-4-10-5-6-14-11(10)7-9/h3-4,7,14H,2,5-6,8H2,1H3,(H,13,15). The van der Waals surface area contributed by atoms with Crippen LogP contribution in [0.25, 0.3) is 0 Å². The van der Waals surface area contributed by atoms with Gasteiger partial charge in [-0.05, 0) is 30.5 Å². The fourth-order valence-corrected chi connectivity index (χ4v) is 1.89. The topological polar surface area (TPSA) is 41.1 Å². The van der Waals surface area contributed by atoms with Crippen LogP contribution in [-0.4, -0.2) is 19.0 Å². The number of benzene rings is 1. The fraction of sp³-hybridized carbons (Fsp3) is 0.417. The van der Waals surface area contributed by atoms with Gasteiger partial charge in [0.05, 0.1) is 6.42 Å². The van der Waals surface area contributed by atoms with Crippen LogP contribution in [0.3, 0.4) is 0 Å². The number of carbonyl (C=O) groups excluding carboxylic acids is 1. The highest BCUT2D eigenvalue weighted by atomic mass is 16.1. The quantitative estimate of drug-likeness (QED) is 0.780. The Balaban J connectivity index is 2.06. The molecule has 0 fully saturated rings. The molecule has 0 aromatic heterocycles. The predicted molar refractivity (Wildman–Crippen MR) is 61.0 cm³/mol. The second-order valence-electron chi connectivity index (χ2n) is 3.80. The maximum atomic E-state index is 11.4. The van der Waals surface area contributed by atoms with E-state index in [4.69, 9.17) is 0 Å². The molecule has 0 saturated heterocycles. The molecule has 80 valence electrons. The fourth-order valence-electron chi connectivity index (χ4n) is 1.89. The summed E-state index contributed by atoms with van der Waals surface area (Å²) in [6, 6.07) is 6.24. The Morgan fingerprint density at radius 3 is 3.20 bits per heavy atom. The Labute approximate surface area is 89.9 Å². The molecule has 0 bridgehead atoms. The van der Waals surface area contributed by atoms with Gasteiger partial charge in [-0.3, -0.25) is 4.79 Å². The Hall–Kier alpha value is -1.51. The van der Waals surface area contributed by atoms with E-state index in [1.54, 1.807) is 0 Å². The molecular formula is C12H16N2O. The van der Waals surface area contributed by atoms with E-state index in [1.165, 1.54) is 11.3 Å². The summed E-state index contributed by atoms with van der Waals surface area (Å²) in [6.07, 6.45) is 1.57. The summed E-state index contributed by atoms with van der Waals surface area (Å²) in [6.45, 7) is 3.64. The highest BCUT2D eigenvalue weighted by Gasteiger charge is 2.10. The Morgan fingerprint density at radius 2 is 2.40 bits per heavy atom. The van der Waals surface area contributed by atoms with Crippen molar-refractivity contribution in [1.82, 2.24) is 5.32 Å². The van der Waals surface area contributed by atoms with Crippen molar-refractivity contribution in [3.8, 4) is 0 Å². The van der Waals surface area contributed by atoms with Crippen LogP contribution >= 0.6 is 0 Å². The van der Waals surface area contributed by atoms with Crippen LogP contribution in [0.4, 0.5) is 5.69 Å². The van der Waals surface area contributed by atoms with Gasteiger partial charge in [-0.25, -0.2) is 0 Å². The summed E-state index contributed by atoms with van der Waals surface area (Å²) in [5.41, 5.74) is 3.63. The first kappa shape index (κ1) is 10.0. The van der Waals surface area contributed by atoms with Gasteiger partial charge >= 0.3 is 0 Å². The summed E-state index contributed by atoms with van der Waals surface area (Å²) in [5.74, 6) is 0.0930. The van der Waals surface area contributed by atoms with Gasteiger partial charge in [-0.15, -0.1) is 0 Å². The minimum Gasteiger partial charge on any atom is -0.384 e. The number of likely N-dealkylation sites (N-methyl/N-ethyl adjacent to an activating group) is 1. The zero-order chi connectivity index (χ0) is 10.7. The number of anilines is 1. The van der Waals surface area contributed by atoms with Crippen molar-refractivity contribution in [2.75, 3.05) is 18.4 Å². The van der Waals surface area contributed by atoms with Crippen LogP contribution < -0.4 is 10.6 Å². The summed E-state index contributed by atoms with van der Waals surface area (Å²) >= 11 is 0. The second-order valence-corrected chi connectivity index (χ2v) is 3.80. The molecule has 1 amide bonds. The lowest BCUT2D eigenvalue weighted by Gasteiger charge is -2.05. The maximum absolute atomic E-state index is 11.4. The van der Waals surface area contributed by atoms with Gasteiger partial charge in [0.15, 0.2) is 0 Å². The largest absolute Gasteiger partial charge is 0.384 e. The molecule has 1 heterocycles. The van der Waals surface area contributed by atoms with Gasteiger partial charge in [0, 0.05) is 18.8 Å². The summed E-state index contributed by atoms with van der Waals surface area (Å²) < 4.78 is 0. The van der Waals surface area contributed by atoms with E-state index in [1.807, 2.05) is 13.0 Å². The van der Waals surface area contributed by atoms with E-state index in [2.05, 4.69) is 22.8 Å². The van der Waals surface area contributed by atoms with Crippen molar-refractivity contribution in [3.05, 3.63) is 29.3 Å². The molecule has 1 aliphatic rings. The third-order valence-electron chi connectivity index (χ3n) is 2.62. The molecule has 0 saturated carbocycles. The third-order valence-corrected chi connectivity index (χ3v) is 2.62. The zero-order valence-corrected chi connectivity index (χ0v) is 8.97. The van der Waals surface area contributed by atoms with Crippen LogP contribution in [0.15, 0.2) is 18.2 Å². The van der Waals surface area contributed by atoms with Crippen molar-refractivity contribution >= 4 is 11.6 Å². The monoisotopic (exact) mass is 204 g/mol. The number of hydrogen-bond acceptors (Lipinski definition) is 2. The minimum atomic E-state index is 0.0930. The van der Waals surface area contributed by atoms with Crippen molar-refractivity contribution < 1.29 is 4.79 Å². The molecule has 3 nitrogen and oxygen atoms in total. The first-order chi connectivity index (χ1) is 7.29. The van der Waals surface area contributed by atoms with E-state index >= 15 is 0 Å². The summed E-state index contributed by atoms with van der Waals surface area (Å²) in [5, 5.41) is 6.12. The highest BCUT2D eigenvalue weighted by molar-refractivity contribution is 5.79. The number of nitrogens with one attached hydrogen (secondary N) is 2. The van der Waals surface area contributed by atoms with Gasteiger partial charge in [-0.1, -0.05) is 12.1 Å². The smallest absolute Gasteiger partial charge is 0.224 e. The molecule has 15 heavy (non-hydrogen) atoms. The van der Waals surface area contributed by atoms with Crippen LogP contribution in [-0.2, 0) is 17.6 Å². The van der Waals surface area contributed by atoms with E-state index in [-0.39, 0.29) is 5.91 Å². The zero-order valence-electron chi connectivity index (χ0n) is 8.97. The Morgan fingerprint density at radius 1 is 1.53 bits per heavy atom. The minimum absolute atomic E-state index is 0.0930. The van der Waals surface area contributed by atoms with Gasteiger partial charge in [0.2, 0.25) is 5.91 Å². The highest BCUT2D eigenvalue weighted by Crippen LogP contribution is 2.23. The van der Waals surface area contributed by atoms with E-state index in [0.29, 0.717) is 13.0 Å². The molecule has 0 radical (unpaired) electrons. The Bertz CT molecular complexity index is 374. The molecule has 0 aliphatic carbocycles. The number of rotatable bonds is 3. The lowest BCUT2D eigenvalue weighted by Crippen LogP contribution is -2.24. The molecule has 1 aromatic carbocycles. The number of amides is 1. The summed E-state index contributed by atoms with van der Waals surface area (Å²) in [4.78, 5) is 11.4. The molecular weight excluding hydrogens is 188 g/mol. The van der Waals surface area contributed by atoms with Gasteiger partial charge in [0.25, 0.3) is 0 Å². The van der Waals surface area contributed by atoms with Crippen LogP contribution in [0.2, 0.25) is 0 Å². The Kier molecular flexibility index (Phi) is 2.90. The molecule has 3 heteroatoms. The lowest BCUT2D eigenvalue weighted by atomic mass is 10.1. The molecule has 2 rings (SSSR count). The van der Waals surface area contributed by atoms with E-state index in [9.17, 15) is 4.79 Å². The molecule has 1 aromatic rings. The number of carbonyl (C=O) groups is 1. The third kappa shape index (κ3) is 2.29. The predicted octanol–water partition coefficient (Wildman–Crippen LogP) is 1.33.